The fourth-order valence-corrected chi connectivity index (χ4v) is 3.64. The quantitative estimate of drug-likeness (QED) is 0.739. The summed E-state index contributed by atoms with van der Waals surface area (Å²) in [6.07, 6.45) is 1.04. The van der Waals surface area contributed by atoms with Crippen LogP contribution in [0.2, 0.25) is 5.02 Å². The van der Waals surface area contributed by atoms with Crippen LogP contribution < -0.4 is 9.47 Å². The van der Waals surface area contributed by atoms with Gasteiger partial charge in [0.05, 0.1) is 31.5 Å². The molecule has 1 aromatic carbocycles. The van der Waals surface area contributed by atoms with Crippen molar-refractivity contribution in [3.8, 4) is 11.5 Å². The number of ether oxygens (including phenoxy) is 3. The predicted octanol–water partition coefficient (Wildman–Crippen LogP) is 3.04. The summed E-state index contributed by atoms with van der Waals surface area (Å²) in [6, 6.07) is 4.71. The van der Waals surface area contributed by atoms with E-state index < -0.39 is 0 Å². The maximum atomic E-state index is 6.46. The van der Waals surface area contributed by atoms with E-state index in [0.717, 1.165) is 52.4 Å². The summed E-state index contributed by atoms with van der Waals surface area (Å²) >= 11 is 6.46. The second kappa shape index (κ2) is 8.58. The van der Waals surface area contributed by atoms with Crippen LogP contribution in [0.15, 0.2) is 12.1 Å². The van der Waals surface area contributed by atoms with Crippen LogP contribution in [0.5, 0.6) is 11.5 Å². The second-order valence-electron chi connectivity index (χ2n) is 6.94. The molecule has 1 atom stereocenters. The van der Waals surface area contributed by atoms with Gasteiger partial charge >= 0.3 is 0 Å². The van der Waals surface area contributed by atoms with Crippen LogP contribution in [0.3, 0.4) is 0 Å². The van der Waals surface area contributed by atoms with E-state index in [-0.39, 0.29) is 6.10 Å². The molecule has 2 fully saturated rings. The van der Waals surface area contributed by atoms with Crippen LogP contribution in [-0.2, 0) is 11.3 Å². The molecule has 0 spiro atoms. The molecule has 0 N–H and O–H groups in total. The van der Waals surface area contributed by atoms with Gasteiger partial charge in [-0.05, 0) is 31.0 Å². The first kappa shape index (κ1) is 18.8. The number of hydrogen-bond donors (Lipinski definition) is 0. The SMILES string of the molecule is CC[C@H](C)Oc1c(Cl)cc(CN2CC(N3CCOCC3)C2)cc1OC. The summed E-state index contributed by atoms with van der Waals surface area (Å²) in [5, 5.41) is 0.625. The van der Waals surface area contributed by atoms with E-state index in [1.54, 1.807) is 7.11 Å². The fraction of sp³-hybridized carbons (Fsp3) is 0.684. The highest BCUT2D eigenvalue weighted by atomic mass is 35.5. The van der Waals surface area contributed by atoms with Crippen molar-refractivity contribution in [1.29, 1.82) is 0 Å². The van der Waals surface area contributed by atoms with Crippen molar-refractivity contribution < 1.29 is 14.2 Å². The van der Waals surface area contributed by atoms with Gasteiger partial charge in [0.25, 0.3) is 0 Å². The molecule has 0 aliphatic carbocycles. The van der Waals surface area contributed by atoms with Gasteiger partial charge in [-0.1, -0.05) is 18.5 Å². The highest BCUT2D eigenvalue weighted by molar-refractivity contribution is 6.32. The number of rotatable bonds is 7. The lowest BCUT2D eigenvalue weighted by Gasteiger charge is -2.46. The monoisotopic (exact) mass is 368 g/mol. The Morgan fingerprint density at radius 3 is 2.64 bits per heavy atom. The Labute approximate surface area is 155 Å². The predicted molar refractivity (Wildman–Crippen MR) is 99.8 cm³/mol. The van der Waals surface area contributed by atoms with E-state index >= 15 is 0 Å². The van der Waals surface area contributed by atoms with Crippen LogP contribution in [0, 0.1) is 0 Å². The zero-order chi connectivity index (χ0) is 17.8. The molecule has 25 heavy (non-hydrogen) atoms. The zero-order valence-corrected chi connectivity index (χ0v) is 16.2. The van der Waals surface area contributed by atoms with Gasteiger partial charge in [-0.3, -0.25) is 9.80 Å². The molecular formula is C19H29ClN2O3. The van der Waals surface area contributed by atoms with Gasteiger partial charge in [-0.25, -0.2) is 0 Å². The van der Waals surface area contributed by atoms with Crippen molar-refractivity contribution in [3.63, 3.8) is 0 Å². The number of morpholine rings is 1. The molecule has 2 aliphatic rings. The van der Waals surface area contributed by atoms with Crippen molar-refractivity contribution in [2.24, 2.45) is 0 Å². The topological polar surface area (TPSA) is 34.2 Å². The van der Waals surface area contributed by atoms with Crippen LogP contribution >= 0.6 is 11.6 Å². The van der Waals surface area contributed by atoms with E-state index in [2.05, 4.69) is 16.7 Å². The maximum absolute atomic E-state index is 6.46. The minimum absolute atomic E-state index is 0.113. The van der Waals surface area contributed by atoms with E-state index in [0.29, 0.717) is 22.6 Å². The molecule has 3 rings (SSSR count). The molecule has 0 aromatic heterocycles. The molecule has 0 saturated carbocycles. The van der Waals surface area contributed by atoms with Crippen molar-refractivity contribution in [2.45, 2.75) is 39.0 Å². The van der Waals surface area contributed by atoms with Crippen molar-refractivity contribution >= 4 is 11.6 Å². The highest BCUT2D eigenvalue weighted by Gasteiger charge is 2.32. The molecule has 0 amide bonds. The summed E-state index contributed by atoms with van der Waals surface area (Å²) in [7, 11) is 1.66. The summed E-state index contributed by atoms with van der Waals surface area (Å²) in [6.45, 7) is 11.1. The first-order valence-electron chi connectivity index (χ1n) is 9.18. The first-order valence-corrected chi connectivity index (χ1v) is 9.55. The molecule has 2 saturated heterocycles. The molecule has 0 unspecified atom stereocenters. The molecular weight excluding hydrogens is 340 g/mol. The number of nitrogens with zero attached hydrogens (tertiary/aromatic N) is 2. The second-order valence-corrected chi connectivity index (χ2v) is 7.35. The van der Waals surface area contributed by atoms with Gasteiger partial charge in [-0.15, -0.1) is 0 Å². The average Bonchev–Trinajstić information content (AvgIpc) is 2.60. The average molecular weight is 369 g/mol. The lowest BCUT2D eigenvalue weighted by Crippen LogP contribution is -2.60. The molecule has 0 radical (unpaired) electrons. The Bertz CT molecular complexity index is 572. The lowest BCUT2D eigenvalue weighted by molar-refractivity contribution is -0.0344. The van der Waals surface area contributed by atoms with Gasteiger partial charge in [0.1, 0.15) is 0 Å². The van der Waals surface area contributed by atoms with Crippen molar-refractivity contribution in [1.82, 2.24) is 9.80 Å². The molecule has 0 bridgehead atoms. The summed E-state index contributed by atoms with van der Waals surface area (Å²) in [5.41, 5.74) is 1.17. The van der Waals surface area contributed by atoms with Crippen LogP contribution in [0.1, 0.15) is 25.8 Å². The van der Waals surface area contributed by atoms with Crippen molar-refractivity contribution in [2.75, 3.05) is 46.5 Å². The van der Waals surface area contributed by atoms with Crippen LogP contribution in [0.25, 0.3) is 0 Å². The zero-order valence-electron chi connectivity index (χ0n) is 15.5. The van der Waals surface area contributed by atoms with Gasteiger partial charge in [0, 0.05) is 38.8 Å². The Balaban J connectivity index is 1.59. The summed E-state index contributed by atoms with van der Waals surface area (Å²) < 4.78 is 16.9. The molecule has 2 aliphatic heterocycles. The molecule has 5 nitrogen and oxygen atoms in total. The highest BCUT2D eigenvalue weighted by Crippen LogP contribution is 2.38. The van der Waals surface area contributed by atoms with Gasteiger partial charge < -0.3 is 14.2 Å². The van der Waals surface area contributed by atoms with Crippen molar-refractivity contribution in [3.05, 3.63) is 22.7 Å². The molecule has 6 heteroatoms. The third-order valence-electron chi connectivity index (χ3n) is 5.09. The third kappa shape index (κ3) is 4.59. The minimum Gasteiger partial charge on any atom is -0.493 e. The third-order valence-corrected chi connectivity index (χ3v) is 5.37. The van der Waals surface area contributed by atoms with E-state index in [1.165, 1.54) is 5.56 Å². The smallest absolute Gasteiger partial charge is 0.180 e. The van der Waals surface area contributed by atoms with E-state index in [9.17, 15) is 0 Å². The van der Waals surface area contributed by atoms with Gasteiger partial charge in [-0.2, -0.15) is 0 Å². The molecule has 140 valence electrons. The Hall–Kier alpha value is -1.01. The maximum Gasteiger partial charge on any atom is 0.180 e. The minimum atomic E-state index is 0.113. The van der Waals surface area contributed by atoms with Crippen LogP contribution in [0.4, 0.5) is 0 Å². The van der Waals surface area contributed by atoms with Gasteiger partial charge in [0.15, 0.2) is 11.5 Å². The van der Waals surface area contributed by atoms with E-state index in [4.69, 9.17) is 25.8 Å². The molecule has 1 aromatic rings. The normalized spacial score (nSPS) is 21.0. The summed E-state index contributed by atoms with van der Waals surface area (Å²) in [5.74, 6) is 1.37. The van der Waals surface area contributed by atoms with E-state index in [1.807, 2.05) is 19.1 Å². The Kier molecular flexibility index (Phi) is 6.44. The first-order chi connectivity index (χ1) is 12.1. The fourth-order valence-electron chi connectivity index (χ4n) is 3.37. The Morgan fingerprint density at radius 1 is 1.28 bits per heavy atom. The standard InChI is InChI=1S/C19H29ClN2O3/c1-4-14(2)25-19-17(20)9-15(10-18(19)23-3)11-21-12-16(13-21)22-5-7-24-8-6-22/h9-10,14,16H,4-8,11-13H2,1-3H3/t14-/m0/s1. The number of hydrogen-bond acceptors (Lipinski definition) is 5. The number of benzene rings is 1. The summed E-state index contributed by atoms with van der Waals surface area (Å²) in [4.78, 5) is 4.98. The number of halogens is 1. The Morgan fingerprint density at radius 2 is 2.00 bits per heavy atom. The van der Waals surface area contributed by atoms with Crippen LogP contribution in [-0.4, -0.2) is 68.4 Å². The largest absolute Gasteiger partial charge is 0.493 e. The lowest BCUT2D eigenvalue weighted by atomic mass is 10.0. The van der Waals surface area contributed by atoms with Gasteiger partial charge in [0.2, 0.25) is 0 Å². The number of likely N-dealkylation sites (tertiary alicyclic amines) is 1. The number of methoxy groups -OCH3 is 1. The molecule has 2 heterocycles.